The molecule has 134 valence electrons. The van der Waals surface area contributed by atoms with Crippen LogP contribution in [-0.2, 0) is 11.2 Å². The van der Waals surface area contributed by atoms with Crippen LogP contribution in [-0.4, -0.2) is 35.4 Å². The molecule has 1 aliphatic rings. The average molecular weight is 378 g/mol. The van der Waals surface area contributed by atoms with Gasteiger partial charge in [-0.3, -0.25) is 0 Å². The van der Waals surface area contributed by atoms with Crippen LogP contribution in [0.3, 0.4) is 0 Å². The third kappa shape index (κ3) is 5.62. The molecule has 1 heterocycles. The minimum atomic E-state index is -0.00289. The van der Waals surface area contributed by atoms with Gasteiger partial charge in [0, 0.05) is 6.04 Å². The van der Waals surface area contributed by atoms with Crippen molar-refractivity contribution >= 4 is 29.8 Å². The van der Waals surface area contributed by atoms with Gasteiger partial charge in [0.05, 0.1) is 6.54 Å². The molecule has 2 aromatic carbocycles. The van der Waals surface area contributed by atoms with Gasteiger partial charge in [-0.15, -0.1) is 12.4 Å². The monoisotopic (exact) mass is 377 g/mol. The van der Waals surface area contributed by atoms with Crippen LogP contribution in [0.25, 0.3) is 0 Å². The Morgan fingerprint density at radius 2 is 1.76 bits per heavy atom. The van der Waals surface area contributed by atoms with E-state index in [9.17, 15) is 0 Å². The molecule has 0 aromatic heterocycles. The number of rotatable bonds is 7. The van der Waals surface area contributed by atoms with Crippen LogP contribution in [0.1, 0.15) is 18.9 Å². The smallest absolute Gasteiger partial charge is 0.260 e. The van der Waals surface area contributed by atoms with Gasteiger partial charge in [-0.05, 0) is 49.7 Å². The topological polar surface area (TPSA) is 21.7 Å². The van der Waals surface area contributed by atoms with E-state index >= 15 is 0 Å². The summed E-state index contributed by atoms with van der Waals surface area (Å²) in [5.74, 6) is 0.864. The predicted octanol–water partition coefficient (Wildman–Crippen LogP) is 4.49. The van der Waals surface area contributed by atoms with Crippen molar-refractivity contribution < 1.29 is 9.47 Å². The van der Waals surface area contributed by atoms with E-state index in [1.54, 1.807) is 0 Å². The lowest BCUT2D eigenvalue weighted by molar-refractivity contribution is 0.147. The quantitative estimate of drug-likeness (QED) is 0.662. The Kier molecular flexibility index (Phi) is 7.53. The van der Waals surface area contributed by atoms with Crippen LogP contribution in [0.5, 0.6) is 5.75 Å². The van der Waals surface area contributed by atoms with E-state index in [2.05, 4.69) is 36.1 Å². The Morgan fingerprint density at radius 3 is 2.44 bits per heavy atom. The number of hydrogen-bond acceptors (Lipinski definition) is 3. The Hall–Kier alpha value is -1.78. The number of nitrogens with zero attached hydrogens (tertiary/aromatic N) is 1. The molecule has 5 heteroatoms. The number of hydrogen-bond donors (Lipinski definition) is 0. The van der Waals surface area contributed by atoms with Gasteiger partial charge in [-0.25, -0.2) is 0 Å². The van der Waals surface area contributed by atoms with Crippen molar-refractivity contribution in [2.45, 2.75) is 31.9 Å². The number of aryl methyl sites for hydroxylation is 1. The highest BCUT2D eigenvalue weighted by molar-refractivity contribution is 7.80. The first-order valence-electron chi connectivity index (χ1n) is 8.41. The third-order valence-corrected chi connectivity index (χ3v) is 4.64. The molecule has 25 heavy (non-hydrogen) atoms. The van der Waals surface area contributed by atoms with Gasteiger partial charge in [0.2, 0.25) is 0 Å². The molecule has 0 radical (unpaired) electrons. The first-order valence-corrected chi connectivity index (χ1v) is 8.82. The molecule has 1 fully saturated rings. The van der Waals surface area contributed by atoms with E-state index in [0.717, 1.165) is 25.1 Å². The minimum absolute atomic E-state index is 0. The van der Waals surface area contributed by atoms with Crippen molar-refractivity contribution in [3.8, 4) is 5.75 Å². The maximum absolute atomic E-state index is 5.80. The van der Waals surface area contributed by atoms with Gasteiger partial charge in [-0.2, -0.15) is 0 Å². The SMILES string of the molecule is CC(CCc1ccccc1)N1CC(COc2ccccc2)OC1=S.Cl. The van der Waals surface area contributed by atoms with Crippen molar-refractivity contribution in [1.29, 1.82) is 0 Å². The molecule has 0 spiro atoms. The Labute approximate surface area is 161 Å². The van der Waals surface area contributed by atoms with Crippen LogP contribution in [0.4, 0.5) is 0 Å². The van der Waals surface area contributed by atoms with Gasteiger partial charge in [0.1, 0.15) is 12.4 Å². The molecular weight excluding hydrogens is 354 g/mol. The fourth-order valence-electron chi connectivity index (χ4n) is 2.87. The summed E-state index contributed by atoms with van der Waals surface area (Å²) in [5, 5.41) is 0.595. The molecule has 0 bridgehead atoms. The lowest BCUT2D eigenvalue weighted by atomic mass is 10.1. The highest BCUT2D eigenvalue weighted by Gasteiger charge is 2.31. The van der Waals surface area contributed by atoms with Crippen LogP contribution < -0.4 is 4.74 Å². The second kappa shape index (κ2) is 9.64. The molecule has 0 amide bonds. The predicted molar refractivity (Wildman–Crippen MR) is 108 cm³/mol. The van der Waals surface area contributed by atoms with Gasteiger partial charge < -0.3 is 14.4 Å². The highest BCUT2D eigenvalue weighted by atomic mass is 35.5. The zero-order valence-electron chi connectivity index (χ0n) is 14.3. The van der Waals surface area contributed by atoms with Crippen molar-refractivity contribution in [3.05, 3.63) is 66.2 Å². The molecule has 1 aliphatic heterocycles. The third-order valence-electron chi connectivity index (χ3n) is 4.31. The Morgan fingerprint density at radius 1 is 1.12 bits per heavy atom. The number of thiocarbonyl (C=S) groups is 1. The maximum atomic E-state index is 5.80. The summed E-state index contributed by atoms with van der Waals surface area (Å²) in [7, 11) is 0. The van der Waals surface area contributed by atoms with Gasteiger partial charge in [0.25, 0.3) is 5.17 Å². The zero-order valence-corrected chi connectivity index (χ0v) is 16.0. The summed E-state index contributed by atoms with van der Waals surface area (Å²) in [6, 6.07) is 20.7. The standard InChI is InChI=1S/C20H23NO2S.ClH/c1-16(12-13-17-8-4-2-5-9-17)21-14-19(23-20(21)24)15-22-18-10-6-3-7-11-18;/h2-11,16,19H,12-15H2,1H3;1H. The van der Waals surface area contributed by atoms with Crippen molar-refractivity contribution in [3.63, 3.8) is 0 Å². The number of ether oxygens (including phenoxy) is 2. The number of para-hydroxylation sites is 1. The van der Waals surface area contributed by atoms with E-state index in [1.807, 2.05) is 36.4 Å². The highest BCUT2D eigenvalue weighted by Crippen LogP contribution is 2.19. The van der Waals surface area contributed by atoms with Gasteiger partial charge in [0.15, 0.2) is 6.10 Å². The first kappa shape index (κ1) is 19.5. The second-order valence-electron chi connectivity index (χ2n) is 6.16. The summed E-state index contributed by atoms with van der Waals surface area (Å²) >= 11 is 5.40. The van der Waals surface area contributed by atoms with Gasteiger partial charge >= 0.3 is 0 Å². The fraction of sp³-hybridized carbons (Fsp3) is 0.350. The molecule has 2 atom stereocenters. The zero-order chi connectivity index (χ0) is 16.8. The maximum Gasteiger partial charge on any atom is 0.260 e. The lowest BCUT2D eigenvalue weighted by Gasteiger charge is -2.23. The fourth-order valence-corrected chi connectivity index (χ4v) is 3.26. The molecule has 2 aromatic rings. The largest absolute Gasteiger partial charge is 0.490 e. The Balaban J connectivity index is 0.00000225. The average Bonchev–Trinajstić information content (AvgIpc) is 3.00. The van der Waals surface area contributed by atoms with E-state index in [1.165, 1.54) is 5.56 Å². The summed E-state index contributed by atoms with van der Waals surface area (Å²) in [6.07, 6.45) is 2.10. The van der Waals surface area contributed by atoms with E-state index in [0.29, 0.717) is 17.8 Å². The molecule has 3 rings (SSSR count). The van der Waals surface area contributed by atoms with E-state index in [4.69, 9.17) is 21.7 Å². The van der Waals surface area contributed by atoms with Gasteiger partial charge in [-0.1, -0.05) is 48.5 Å². The molecule has 0 N–H and O–H groups in total. The normalized spacial score (nSPS) is 17.6. The first-order chi connectivity index (χ1) is 11.7. The van der Waals surface area contributed by atoms with Crippen molar-refractivity contribution in [1.82, 2.24) is 4.90 Å². The second-order valence-corrected chi connectivity index (χ2v) is 6.50. The summed E-state index contributed by atoms with van der Waals surface area (Å²) in [6.45, 7) is 3.52. The van der Waals surface area contributed by atoms with E-state index < -0.39 is 0 Å². The van der Waals surface area contributed by atoms with Crippen LogP contribution in [0.2, 0.25) is 0 Å². The van der Waals surface area contributed by atoms with Crippen LogP contribution >= 0.6 is 24.6 Å². The molecular formula is C20H24ClNO2S. The summed E-state index contributed by atoms with van der Waals surface area (Å²) < 4.78 is 11.6. The number of benzene rings is 2. The Bertz CT molecular complexity index is 653. The van der Waals surface area contributed by atoms with Crippen molar-refractivity contribution in [2.24, 2.45) is 0 Å². The van der Waals surface area contributed by atoms with Crippen LogP contribution in [0.15, 0.2) is 60.7 Å². The molecule has 2 unspecified atom stereocenters. The van der Waals surface area contributed by atoms with Crippen LogP contribution in [0, 0.1) is 0 Å². The molecule has 1 saturated heterocycles. The molecule has 3 nitrogen and oxygen atoms in total. The molecule has 0 saturated carbocycles. The van der Waals surface area contributed by atoms with E-state index in [-0.39, 0.29) is 18.5 Å². The summed E-state index contributed by atoms with van der Waals surface area (Å²) in [4.78, 5) is 2.18. The number of halogens is 1. The van der Waals surface area contributed by atoms with Crippen molar-refractivity contribution in [2.75, 3.05) is 13.2 Å². The summed E-state index contributed by atoms with van der Waals surface area (Å²) in [5.41, 5.74) is 1.36. The lowest BCUT2D eigenvalue weighted by Crippen LogP contribution is -2.35. The molecule has 0 aliphatic carbocycles. The minimum Gasteiger partial charge on any atom is -0.490 e.